The van der Waals surface area contributed by atoms with E-state index < -0.39 is 16.4 Å². The number of hydrogen-bond acceptors (Lipinski definition) is 5. The number of carbonyl (C=O) groups is 4. The van der Waals surface area contributed by atoms with Crippen LogP contribution in [0.15, 0.2) is 12.1 Å². The normalized spacial score (nSPS) is 16.6. The summed E-state index contributed by atoms with van der Waals surface area (Å²) in [6.45, 7) is 5.69. The summed E-state index contributed by atoms with van der Waals surface area (Å²) < 4.78 is 0. The maximum absolute atomic E-state index is 12.2. The molecule has 4 amide bonds. The van der Waals surface area contributed by atoms with Crippen LogP contribution < -0.4 is 10.6 Å². The second-order valence-electron chi connectivity index (χ2n) is 6.16. The Morgan fingerprint density at radius 3 is 2.32 bits per heavy atom. The third-order valence-electron chi connectivity index (χ3n) is 3.87. The van der Waals surface area contributed by atoms with E-state index in [0.29, 0.717) is 0 Å². The molecule has 0 spiro atoms. The Morgan fingerprint density at radius 1 is 1.20 bits per heavy atom. The van der Waals surface area contributed by atoms with Crippen LogP contribution in [0.2, 0.25) is 0 Å². The van der Waals surface area contributed by atoms with E-state index in [-0.39, 0.29) is 24.8 Å². The van der Waals surface area contributed by atoms with Gasteiger partial charge in [0.05, 0.1) is 6.54 Å². The van der Waals surface area contributed by atoms with Crippen LogP contribution in [-0.2, 0) is 14.4 Å². The van der Waals surface area contributed by atoms with Crippen molar-refractivity contribution in [1.29, 1.82) is 0 Å². The molecule has 8 heteroatoms. The van der Waals surface area contributed by atoms with Crippen molar-refractivity contribution in [3.63, 3.8) is 0 Å². The molecule has 1 atom stereocenters. The summed E-state index contributed by atoms with van der Waals surface area (Å²) in [7, 11) is 1.50. The average Bonchev–Trinajstić information content (AvgIpc) is 2.80. The number of thioether (sulfide) groups is 1. The second-order valence-corrected chi connectivity index (χ2v) is 7.33. The second kappa shape index (κ2) is 7.69. The highest BCUT2D eigenvalue weighted by Crippen LogP contribution is 2.23. The summed E-state index contributed by atoms with van der Waals surface area (Å²) in [5.74, 6) is -1.15. The number of imide groups is 1. The van der Waals surface area contributed by atoms with Crippen molar-refractivity contribution in [2.24, 2.45) is 0 Å². The average molecular weight is 363 g/mol. The highest BCUT2D eigenvalue weighted by Gasteiger charge is 2.34. The first-order valence-corrected chi connectivity index (χ1v) is 8.68. The van der Waals surface area contributed by atoms with E-state index in [9.17, 15) is 19.2 Å². The first kappa shape index (κ1) is 19.0. The fourth-order valence-electron chi connectivity index (χ4n) is 2.70. The Kier molecular flexibility index (Phi) is 5.84. The van der Waals surface area contributed by atoms with Gasteiger partial charge in [-0.15, -0.1) is 0 Å². The summed E-state index contributed by atoms with van der Waals surface area (Å²) in [5.41, 5.74) is 3.77. The fourth-order valence-corrected chi connectivity index (χ4v) is 3.51. The van der Waals surface area contributed by atoms with Gasteiger partial charge in [-0.2, -0.15) is 0 Å². The lowest BCUT2D eigenvalue weighted by Crippen LogP contribution is -2.37. The van der Waals surface area contributed by atoms with Crippen molar-refractivity contribution in [3.05, 3.63) is 28.8 Å². The SMILES string of the molecule is Cc1cc(C)c(NC(=O)CN(C)C(=O)C[C@@H]2SC(=O)NC2=O)c(C)c1. The molecular formula is C17H21N3O4S. The molecule has 0 radical (unpaired) electrons. The third kappa shape index (κ3) is 4.82. The number of aryl methyl sites for hydroxylation is 3. The predicted octanol–water partition coefficient (Wildman–Crippen LogP) is 1.75. The number of likely N-dealkylation sites (N-methyl/N-ethyl adjacent to an activating group) is 1. The quantitative estimate of drug-likeness (QED) is 0.831. The number of rotatable bonds is 5. The van der Waals surface area contributed by atoms with E-state index in [1.54, 1.807) is 0 Å². The lowest BCUT2D eigenvalue weighted by Gasteiger charge is -2.19. The minimum absolute atomic E-state index is 0.116. The van der Waals surface area contributed by atoms with E-state index in [1.807, 2.05) is 32.9 Å². The molecule has 1 aliphatic heterocycles. The molecular weight excluding hydrogens is 342 g/mol. The summed E-state index contributed by atoms with van der Waals surface area (Å²) >= 11 is 0.799. The van der Waals surface area contributed by atoms with Crippen molar-refractivity contribution in [1.82, 2.24) is 10.2 Å². The number of hydrogen-bond donors (Lipinski definition) is 2. The topological polar surface area (TPSA) is 95.6 Å². The number of amides is 4. The number of nitrogens with one attached hydrogen (secondary N) is 2. The zero-order valence-corrected chi connectivity index (χ0v) is 15.5. The van der Waals surface area contributed by atoms with Gasteiger partial charge in [0, 0.05) is 19.2 Å². The molecule has 1 aromatic rings. The van der Waals surface area contributed by atoms with Crippen molar-refractivity contribution in [2.45, 2.75) is 32.4 Å². The van der Waals surface area contributed by atoms with Crippen LogP contribution in [0.4, 0.5) is 10.5 Å². The molecule has 1 heterocycles. The van der Waals surface area contributed by atoms with Gasteiger partial charge in [-0.05, 0) is 31.9 Å². The Hall–Kier alpha value is -2.35. The Balaban J connectivity index is 1.93. The van der Waals surface area contributed by atoms with Crippen molar-refractivity contribution in [2.75, 3.05) is 18.9 Å². The van der Waals surface area contributed by atoms with Gasteiger partial charge in [-0.3, -0.25) is 24.5 Å². The standard InChI is InChI=1S/C17H21N3O4S/c1-9-5-10(2)15(11(3)6-9)18-13(21)8-20(4)14(22)7-12-16(23)19-17(24)25-12/h5-6,12H,7-8H2,1-4H3,(H,18,21)(H,19,23,24)/t12-/m0/s1. The van der Waals surface area contributed by atoms with Gasteiger partial charge in [0.2, 0.25) is 17.7 Å². The molecule has 0 saturated carbocycles. The smallest absolute Gasteiger partial charge is 0.286 e. The zero-order chi connectivity index (χ0) is 18.7. The molecule has 134 valence electrons. The van der Waals surface area contributed by atoms with E-state index in [1.165, 1.54) is 11.9 Å². The van der Waals surface area contributed by atoms with E-state index in [2.05, 4.69) is 10.6 Å². The van der Waals surface area contributed by atoms with Gasteiger partial charge in [0.15, 0.2) is 0 Å². The van der Waals surface area contributed by atoms with Crippen molar-refractivity contribution in [3.8, 4) is 0 Å². The molecule has 7 nitrogen and oxygen atoms in total. The monoisotopic (exact) mass is 363 g/mol. The predicted molar refractivity (Wildman–Crippen MR) is 96.5 cm³/mol. The highest BCUT2D eigenvalue weighted by atomic mass is 32.2. The number of benzene rings is 1. The van der Waals surface area contributed by atoms with Crippen LogP contribution in [0.25, 0.3) is 0 Å². The first-order chi connectivity index (χ1) is 11.7. The van der Waals surface area contributed by atoms with E-state index in [4.69, 9.17) is 0 Å². The molecule has 0 bridgehead atoms. The minimum Gasteiger partial charge on any atom is -0.336 e. The Labute approximate surface area is 150 Å². The molecule has 0 unspecified atom stereocenters. The fraction of sp³-hybridized carbons (Fsp3) is 0.412. The molecule has 0 aromatic heterocycles. The molecule has 0 aliphatic carbocycles. The molecule has 1 aromatic carbocycles. The van der Waals surface area contributed by atoms with E-state index >= 15 is 0 Å². The van der Waals surface area contributed by atoms with Gasteiger partial charge in [-0.1, -0.05) is 29.5 Å². The summed E-state index contributed by atoms with van der Waals surface area (Å²) in [6, 6.07) is 3.95. The van der Waals surface area contributed by atoms with Crippen LogP contribution in [0, 0.1) is 20.8 Å². The minimum atomic E-state index is -0.730. The zero-order valence-electron chi connectivity index (χ0n) is 14.6. The molecule has 1 saturated heterocycles. The van der Waals surface area contributed by atoms with E-state index in [0.717, 1.165) is 34.1 Å². The maximum Gasteiger partial charge on any atom is 0.286 e. The first-order valence-electron chi connectivity index (χ1n) is 7.80. The lowest BCUT2D eigenvalue weighted by atomic mass is 10.1. The van der Waals surface area contributed by atoms with Crippen molar-refractivity contribution >= 4 is 40.4 Å². The summed E-state index contributed by atoms with van der Waals surface area (Å²) in [4.78, 5) is 48.3. The number of carbonyl (C=O) groups excluding carboxylic acids is 4. The van der Waals surface area contributed by atoms with Gasteiger partial charge in [-0.25, -0.2) is 0 Å². The number of nitrogens with zero attached hydrogens (tertiary/aromatic N) is 1. The van der Waals surface area contributed by atoms with Gasteiger partial charge >= 0.3 is 0 Å². The lowest BCUT2D eigenvalue weighted by molar-refractivity contribution is -0.134. The van der Waals surface area contributed by atoms with Crippen LogP contribution in [0.1, 0.15) is 23.1 Å². The molecule has 1 fully saturated rings. The van der Waals surface area contributed by atoms with Crippen LogP contribution in [0.5, 0.6) is 0 Å². The van der Waals surface area contributed by atoms with Crippen molar-refractivity contribution < 1.29 is 19.2 Å². The molecule has 2 N–H and O–H groups in total. The van der Waals surface area contributed by atoms with Gasteiger partial charge in [0.1, 0.15) is 5.25 Å². The number of anilines is 1. The summed E-state index contributed by atoms with van der Waals surface area (Å²) in [5, 5.41) is 3.79. The van der Waals surface area contributed by atoms with Gasteiger partial charge < -0.3 is 10.2 Å². The Morgan fingerprint density at radius 2 is 1.80 bits per heavy atom. The van der Waals surface area contributed by atoms with Crippen LogP contribution in [0.3, 0.4) is 0 Å². The maximum atomic E-state index is 12.2. The Bertz CT molecular complexity index is 724. The van der Waals surface area contributed by atoms with Crippen LogP contribution in [-0.4, -0.2) is 46.7 Å². The molecule has 1 aliphatic rings. The van der Waals surface area contributed by atoms with Gasteiger partial charge in [0.25, 0.3) is 5.24 Å². The highest BCUT2D eigenvalue weighted by molar-refractivity contribution is 8.15. The van der Waals surface area contributed by atoms with Crippen LogP contribution >= 0.6 is 11.8 Å². The largest absolute Gasteiger partial charge is 0.336 e. The molecule has 25 heavy (non-hydrogen) atoms. The molecule has 2 rings (SSSR count). The summed E-state index contributed by atoms with van der Waals surface area (Å²) in [6.07, 6.45) is -0.116. The third-order valence-corrected chi connectivity index (χ3v) is 4.86.